The fourth-order valence-corrected chi connectivity index (χ4v) is 4.56. The molecule has 0 amide bonds. The molecule has 5 nitrogen and oxygen atoms in total. The highest BCUT2D eigenvalue weighted by molar-refractivity contribution is 7.18. The number of nitrogens with two attached hydrogens (primary N) is 1. The number of thiophene rings is 1. The summed E-state index contributed by atoms with van der Waals surface area (Å²) in [5.41, 5.74) is 7.72. The molecule has 5 rings (SSSR count). The second-order valence-electron chi connectivity index (χ2n) is 6.54. The topological polar surface area (TPSA) is 58.3 Å². The Bertz CT molecular complexity index is 1070. The zero-order valence-corrected chi connectivity index (χ0v) is 15.1. The minimum atomic E-state index is 0.756. The van der Waals surface area contributed by atoms with Crippen molar-refractivity contribution in [3.63, 3.8) is 0 Å². The number of fused-ring (bicyclic) bond motifs is 3. The molecule has 0 atom stereocenters. The Balaban J connectivity index is 1.50. The zero-order valence-electron chi connectivity index (χ0n) is 14.3. The predicted octanol–water partition coefficient (Wildman–Crippen LogP) is 3.75. The molecule has 1 aromatic carbocycles. The van der Waals surface area contributed by atoms with Crippen molar-refractivity contribution in [1.82, 2.24) is 9.97 Å². The van der Waals surface area contributed by atoms with Gasteiger partial charge in [-0.25, -0.2) is 9.97 Å². The minimum absolute atomic E-state index is 0.756. The molecule has 26 heavy (non-hydrogen) atoms. The van der Waals surface area contributed by atoms with Crippen molar-refractivity contribution in [2.45, 2.75) is 0 Å². The number of aromatic nitrogens is 2. The van der Waals surface area contributed by atoms with Crippen molar-refractivity contribution in [1.29, 1.82) is 0 Å². The maximum atomic E-state index is 5.99. The minimum Gasteiger partial charge on any atom is -0.399 e. The number of hydrogen-bond donors (Lipinski definition) is 1. The number of rotatable bonds is 2. The van der Waals surface area contributed by atoms with E-state index in [0.29, 0.717) is 0 Å². The van der Waals surface area contributed by atoms with Gasteiger partial charge in [0.15, 0.2) is 0 Å². The zero-order chi connectivity index (χ0) is 17.5. The fourth-order valence-electron chi connectivity index (χ4n) is 3.63. The van der Waals surface area contributed by atoms with Crippen LogP contribution in [0.2, 0.25) is 0 Å². The lowest BCUT2D eigenvalue weighted by atomic mass is 10.1. The van der Waals surface area contributed by atoms with Crippen molar-refractivity contribution in [2.75, 3.05) is 41.7 Å². The quantitative estimate of drug-likeness (QED) is 0.551. The summed E-state index contributed by atoms with van der Waals surface area (Å²) < 4.78 is 1.29. The molecule has 0 spiro atoms. The van der Waals surface area contributed by atoms with Gasteiger partial charge in [0, 0.05) is 53.5 Å². The van der Waals surface area contributed by atoms with E-state index in [1.54, 1.807) is 11.3 Å². The molecule has 1 aliphatic rings. The number of hydrogen-bond acceptors (Lipinski definition) is 6. The Hall–Kier alpha value is -2.86. The van der Waals surface area contributed by atoms with Crippen molar-refractivity contribution < 1.29 is 0 Å². The summed E-state index contributed by atoms with van der Waals surface area (Å²) in [6, 6.07) is 14.3. The summed E-state index contributed by atoms with van der Waals surface area (Å²) >= 11 is 1.77. The summed E-state index contributed by atoms with van der Waals surface area (Å²) in [6.45, 7) is 3.75. The second kappa shape index (κ2) is 6.14. The third-order valence-electron chi connectivity index (χ3n) is 4.95. The number of anilines is 3. The van der Waals surface area contributed by atoms with E-state index in [1.165, 1.54) is 15.5 Å². The molecule has 1 saturated heterocycles. The van der Waals surface area contributed by atoms with Crippen molar-refractivity contribution in [3.8, 4) is 0 Å². The van der Waals surface area contributed by atoms with Crippen LogP contribution in [0.1, 0.15) is 0 Å². The van der Waals surface area contributed by atoms with Gasteiger partial charge in [0.05, 0.1) is 5.52 Å². The van der Waals surface area contributed by atoms with Crippen molar-refractivity contribution in [2.24, 2.45) is 0 Å². The third kappa shape index (κ3) is 2.54. The van der Waals surface area contributed by atoms with E-state index >= 15 is 0 Å². The molecule has 0 unspecified atom stereocenters. The van der Waals surface area contributed by atoms with E-state index in [-0.39, 0.29) is 0 Å². The molecular weight excluding hydrogens is 342 g/mol. The molecule has 0 saturated carbocycles. The number of piperazine rings is 1. The maximum Gasteiger partial charge on any atom is 0.138 e. The van der Waals surface area contributed by atoms with E-state index in [2.05, 4.69) is 38.4 Å². The van der Waals surface area contributed by atoms with E-state index in [4.69, 9.17) is 10.7 Å². The first kappa shape index (κ1) is 15.4. The maximum absolute atomic E-state index is 5.99. The summed E-state index contributed by atoms with van der Waals surface area (Å²) in [5.74, 6) is 2.12. The second-order valence-corrected chi connectivity index (χ2v) is 7.45. The lowest BCUT2D eigenvalue weighted by Crippen LogP contribution is -2.47. The van der Waals surface area contributed by atoms with Crippen LogP contribution >= 0.6 is 11.3 Å². The van der Waals surface area contributed by atoms with Crippen molar-refractivity contribution in [3.05, 3.63) is 54.0 Å². The molecule has 4 aromatic rings. The number of benzene rings is 1. The molecule has 1 fully saturated rings. The Morgan fingerprint density at radius 1 is 0.923 bits per heavy atom. The number of pyridine rings is 2. The van der Waals surface area contributed by atoms with E-state index in [1.807, 2.05) is 30.5 Å². The predicted molar refractivity (Wildman–Crippen MR) is 110 cm³/mol. The molecule has 0 aliphatic carbocycles. The molecule has 130 valence electrons. The summed E-state index contributed by atoms with van der Waals surface area (Å²) in [6.07, 6.45) is 1.85. The smallest absolute Gasteiger partial charge is 0.138 e. The van der Waals surface area contributed by atoms with Gasteiger partial charge in [0.2, 0.25) is 0 Å². The van der Waals surface area contributed by atoms with E-state index in [9.17, 15) is 0 Å². The number of nitrogens with zero attached hydrogens (tertiary/aromatic N) is 4. The highest BCUT2D eigenvalue weighted by atomic mass is 32.1. The summed E-state index contributed by atoms with van der Waals surface area (Å²) in [5, 5.41) is 4.56. The monoisotopic (exact) mass is 361 g/mol. The molecule has 4 heterocycles. The lowest BCUT2D eigenvalue weighted by Gasteiger charge is -2.36. The molecule has 1 aliphatic heterocycles. The van der Waals surface area contributed by atoms with Gasteiger partial charge in [0.25, 0.3) is 0 Å². The van der Waals surface area contributed by atoms with Crippen molar-refractivity contribution >= 4 is 49.6 Å². The first-order valence-corrected chi connectivity index (χ1v) is 9.65. The Morgan fingerprint density at radius 2 is 1.77 bits per heavy atom. The third-order valence-corrected chi connectivity index (χ3v) is 5.90. The van der Waals surface area contributed by atoms with Gasteiger partial charge < -0.3 is 15.5 Å². The van der Waals surface area contributed by atoms with E-state index < -0.39 is 0 Å². The van der Waals surface area contributed by atoms with Gasteiger partial charge in [-0.3, -0.25) is 0 Å². The van der Waals surface area contributed by atoms with Crippen LogP contribution in [0.5, 0.6) is 0 Å². The molecule has 0 bridgehead atoms. The van der Waals surface area contributed by atoms with Crippen LogP contribution in [0, 0.1) is 0 Å². The fraction of sp³-hybridized carbons (Fsp3) is 0.200. The van der Waals surface area contributed by atoms with Crippen LogP contribution in [-0.2, 0) is 0 Å². The van der Waals surface area contributed by atoms with E-state index in [0.717, 1.165) is 49.0 Å². The average molecular weight is 361 g/mol. The summed E-state index contributed by atoms with van der Waals surface area (Å²) in [7, 11) is 0. The molecule has 2 N–H and O–H groups in total. The molecule has 6 heteroatoms. The molecule has 0 radical (unpaired) electrons. The number of nitrogen functional groups attached to an aromatic ring is 1. The van der Waals surface area contributed by atoms with Crippen LogP contribution in [0.3, 0.4) is 0 Å². The Labute approximate surface area is 155 Å². The van der Waals surface area contributed by atoms with Gasteiger partial charge in [-0.15, -0.1) is 11.3 Å². The van der Waals surface area contributed by atoms with Gasteiger partial charge in [-0.2, -0.15) is 0 Å². The van der Waals surface area contributed by atoms with Crippen LogP contribution in [-0.4, -0.2) is 36.1 Å². The van der Waals surface area contributed by atoms with Gasteiger partial charge >= 0.3 is 0 Å². The average Bonchev–Trinajstić information content (AvgIpc) is 3.18. The summed E-state index contributed by atoms with van der Waals surface area (Å²) in [4.78, 5) is 14.2. The Kier molecular flexibility index (Phi) is 3.64. The normalized spacial score (nSPS) is 15.1. The largest absolute Gasteiger partial charge is 0.399 e. The van der Waals surface area contributed by atoms with Gasteiger partial charge in [-0.05, 0) is 41.8 Å². The lowest BCUT2D eigenvalue weighted by molar-refractivity contribution is 0.644. The first-order valence-electron chi connectivity index (χ1n) is 8.77. The highest BCUT2D eigenvalue weighted by Gasteiger charge is 2.21. The molecule has 3 aromatic heterocycles. The highest BCUT2D eigenvalue weighted by Crippen LogP contribution is 2.36. The van der Waals surface area contributed by atoms with Gasteiger partial charge in [0.1, 0.15) is 11.6 Å². The standard InChI is InChI=1S/C20H19N5S/c21-14-4-5-15-17(13-14)23-20(16-6-12-26-19(15)16)25-10-8-24(9-11-25)18-3-1-2-7-22-18/h1-7,12-13H,8-11,21H2. The first-order chi connectivity index (χ1) is 12.8. The van der Waals surface area contributed by atoms with Crippen LogP contribution in [0.4, 0.5) is 17.3 Å². The Morgan fingerprint density at radius 3 is 2.58 bits per heavy atom. The van der Waals surface area contributed by atoms with Crippen LogP contribution in [0.15, 0.2) is 54.0 Å². The van der Waals surface area contributed by atoms with Crippen LogP contribution < -0.4 is 15.5 Å². The molecular formula is C20H19N5S. The van der Waals surface area contributed by atoms with Crippen LogP contribution in [0.25, 0.3) is 21.0 Å². The van der Waals surface area contributed by atoms with Gasteiger partial charge in [-0.1, -0.05) is 6.07 Å². The SMILES string of the molecule is Nc1ccc2c(c1)nc(N1CCN(c3ccccn3)CC1)c1ccsc12.